The average Bonchev–Trinajstić information content (AvgIpc) is 2.28. The molecule has 0 bridgehead atoms. The smallest absolute Gasteiger partial charge is 0.233 e. The Balaban J connectivity index is 1.81. The van der Waals surface area contributed by atoms with Gasteiger partial charge in [0, 0.05) is 13.1 Å². The molecule has 0 spiro atoms. The standard InChI is InChI=1S/C9H12ClN3O2/c10-8-4-12-5-9(13-8)15-6-7-3-11-1-2-14-7/h4-5,7,11H,1-3,6H2. The summed E-state index contributed by atoms with van der Waals surface area (Å²) in [6, 6.07) is 0. The molecule has 0 amide bonds. The molecule has 1 aromatic rings. The lowest BCUT2D eigenvalue weighted by Gasteiger charge is -2.23. The second-order valence-electron chi connectivity index (χ2n) is 3.19. The molecule has 0 radical (unpaired) electrons. The minimum absolute atomic E-state index is 0.0690. The fourth-order valence-electron chi connectivity index (χ4n) is 1.30. The Hall–Kier alpha value is -0.910. The van der Waals surface area contributed by atoms with Gasteiger partial charge in [0.2, 0.25) is 5.88 Å². The summed E-state index contributed by atoms with van der Waals surface area (Å²) in [4.78, 5) is 7.83. The van der Waals surface area contributed by atoms with Gasteiger partial charge in [0.05, 0.1) is 19.0 Å². The number of nitrogens with one attached hydrogen (secondary N) is 1. The van der Waals surface area contributed by atoms with Gasteiger partial charge in [-0.2, -0.15) is 4.98 Å². The first-order valence-corrected chi connectivity index (χ1v) is 5.15. The van der Waals surface area contributed by atoms with Crippen LogP contribution in [-0.2, 0) is 4.74 Å². The first kappa shape index (κ1) is 10.6. The molecule has 15 heavy (non-hydrogen) atoms. The first-order valence-electron chi connectivity index (χ1n) is 4.77. The Bertz CT molecular complexity index is 318. The van der Waals surface area contributed by atoms with E-state index in [0.29, 0.717) is 17.6 Å². The van der Waals surface area contributed by atoms with Gasteiger partial charge in [-0.05, 0) is 0 Å². The van der Waals surface area contributed by atoms with Crippen LogP contribution in [0, 0.1) is 0 Å². The Morgan fingerprint density at radius 2 is 2.53 bits per heavy atom. The molecular formula is C9H12ClN3O2. The maximum atomic E-state index is 5.67. The molecular weight excluding hydrogens is 218 g/mol. The zero-order chi connectivity index (χ0) is 10.5. The Morgan fingerprint density at radius 3 is 3.27 bits per heavy atom. The largest absolute Gasteiger partial charge is 0.474 e. The van der Waals surface area contributed by atoms with Crippen molar-refractivity contribution >= 4 is 11.6 Å². The normalized spacial score (nSPS) is 21.3. The van der Waals surface area contributed by atoms with Crippen molar-refractivity contribution in [3.05, 3.63) is 17.5 Å². The molecule has 5 nitrogen and oxygen atoms in total. The number of rotatable bonds is 3. The average molecular weight is 230 g/mol. The van der Waals surface area contributed by atoms with Crippen molar-refractivity contribution in [3.8, 4) is 5.88 Å². The quantitative estimate of drug-likeness (QED) is 0.818. The van der Waals surface area contributed by atoms with Crippen LogP contribution in [0.3, 0.4) is 0 Å². The lowest BCUT2D eigenvalue weighted by molar-refractivity contribution is -0.000818. The third-order valence-electron chi connectivity index (χ3n) is 2.00. The second-order valence-corrected chi connectivity index (χ2v) is 3.58. The monoisotopic (exact) mass is 229 g/mol. The highest BCUT2D eigenvalue weighted by atomic mass is 35.5. The topological polar surface area (TPSA) is 56.3 Å². The van der Waals surface area contributed by atoms with Crippen molar-refractivity contribution in [1.82, 2.24) is 15.3 Å². The van der Waals surface area contributed by atoms with Gasteiger partial charge in [-0.25, -0.2) is 0 Å². The molecule has 0 saturated carbocycles. The highest BCUT2D eigenvalue weighted by Crippen LogP contribution is 2.09. The first-order chi connectivity index (χ1) is 7.34. The number of ether oxygens (including phenoxy) is 2. The summed E-state index contributed by atoms with van der Waals surface area (Å²) >= 11 is 5.67. The lowest BCUT2D eigenvalue weighted by Crippen LogP contribution is -2.41. The molecule has 1 atom stereocenters. The molecule has 1 unspecified atom stereocenters. The van der Waals surface area contributed by atoms with Gasteiger partial charge >= 0.3 is 0 Å². The Labute approximate surface area is 92.8 Å². The predicted molar refractivity (Wildman–Crippen MR) is 55.1 cm³/mol. The minimum atomic E-state index is 0.0690. The molecule has 1 N–H and O–H groups in total. The van der Waals surface area contributed by atoms with Crippen LogP contribution in [0.4, 0.5) is 0 Å². The summed E-state index contributed by atoms with van der Waals surface area (Å²) in [6.45, 7) is 2.87. The highest BCUT2D eigenvalue weighted by Gasteiger charge is 2.14. The van der Waals surface area contributed by atoms with Gasteiger partial charge in [-0.1, -0.05) is 11.6 Å². The van der Waals surface area contributed by atoms with E-state index < -0.39 is 0 Å². The van der Waals surface area contributed by atoms with Crippen LogP contribution in [0.2, 0.25) is 5.15 Å². The molecule has 2 heterocycles. The maximum Gasteiger partial charge on any atom is 0.233 e. The van der Waals surface area contributed by atoms with E-state index in [1.54, 1.807) is 0 Å². The summed E-state index contributed by atoms with van der Waals surface area (Å²) in [5, 5.41) is 3.54. The van der Waals surface area contributed by atoms with E-state index in [4.69, 9.17) is 21.1 Å². The van der Waals surface area contributed by atoms with Crippen LogP contribution < -0.4 is 10.1 Å². The van der Waals surface area contributed by atoms with E-state index in [1.165, 1.54) is 12.4 Å². The van der Waals surface area contributed by atoms with E-state index >= 15 is 0 Å². The van der Waals surface area contributed by atoms with Gasteiger partial charge in [0.25, 0.3) is 0 Å². The van der Waals surface area contributed by atoms with Crippen molar-refractivity contribution in [2.24, 2.45) is 0 Å². The molecule has 1 aromatic heterocycles. The van der Waals surface area contributed by atoms with E-state index in [2.05, 4.69) is 15.3 Å². The van der Waals surface area contributed by atoms with Crippen molar-refractivity contribution in [2.45, 2.75) is 6.10 Å². The van der Waals surface area contributed by atoms with E-state index in [9.17, 15) is 0 Å². The van der Waals surface area contributed by atoms with E-state index in [1.807, 2.05) is 0 Å². The molecule has 1 aliphatic heterocycles. The van der Waals surface area contributed by atoms with Crippen molar-refractivity contribution in [1.29, 1.82) is 0 Å². The highest BCUT2D eigenvalue weighted by molar-refractivity contribution is 6.29. The number of hydrogen-bond donors (Lipinski definition) is 1. The number of nitrogens with zero attached hydrogens (tertiary/aromatic N) is 2. The van der Waals surface area contributed by atoms with Crippen LogP contribution in [0.25, 0.3) is 0 Å². The Morgan fingerprint density at radius 1 is 1.60 bits per heavy atom. The Kier molecular flexibility index (Phi) is 3.71. The zero-order valence-corrected chi connectivity index (χ0v) is 8.91. The minimum Gasteiger partial charge on any atom is -0.474 e. The van der Waals surface area contributed by atoms with Gasteiger partial charge in [-0.3, -0.25) is 4.98 Å². The molecule has 0 aromatic carbocycles. The van der Waals surface area contributed by atoms with Crippen LogP contribution in [0.5, 0.6) is 5.88 Å². The van der Waals surface area contributed by atoms with Gasteiger partial charge < -0.3 is 14.8 Å². The van der Waals surface area contributed by atoms with Gasteiger partial charge in [0.15, 0.2) is 5.15 Å². The fourth-order valence-corrected chi connectivity index (χ4v) is 1.44. The third-order valence-corrected chi connectivity index (χ3v) is 2.19. The van der Waals surface area contributed by atoms with Crippen LogP contribution in [0.1, 0.15) is 0 Å². The SMILES string of the molecule is Clc1cncc(OCC2CNCCO2)n1. The summed E-state index contributed by atoms with van der Waals surface area (Å²) in [6.07, 6.45) is 3.06. The van der Waals surface area contributed by atoms with Crippen LogP contribution >= 0.6 is 11.6 Å². The summed E-state index contributed by atoms with van der Waals surface area (Å²) in [5.41, 5.74) is 0. The van der Waals surface area contributed by atoms with E-state index in [0.717, 1.165) is 19.7 Å². The summed E-state index contributed by atoms with van der Waals surface area (Å²) in [5.74, 6) is 0.427. The number of hydrogen-bond acceptors (Lipinski definition) is 5. The van der Waals surface area contributed by atoms with Crippen molar-refractivity contribution < 1.29 is 9.47 Å². The molecule has 1 fully saturated rings. The van der Waals surface area contributed by atoms with Crippen molar-refractivity contribution in [2.75, 3.05) is 26.3 Å². The van der Waals surface area contributed by atoms with Crippen LogP contribution in [0.15, 0.2) is 12.4 Å². The third kappa shape index (κ3) is 3.30. The lowest BCUT2D eigenvalue weighted by atomic mass is 10.3. The second kappa shape index (κ2) is 5.25. The number of halogens is 1. The van der Waals surface area contributed by atoms with Gasteiger partial charge in [-0.15, -0.1) is 0 Å². The molecule has 2 rings (SSSR count). The molecule has 6 heteroatoms. The summed E-state index contributed by atoms with van der Waals surface area (Å²) in [7, 11) is 0. The number of morpholine rings is 1. The van der Waals surface area contributed by atoms with Crippen LogP contribution in [-0.4, -0.2) is 42.4 Å². The number of aromatic nitrogens is 2. The fraction of sp³-hybridized carbons (Fsp3) is 0.556. The molecule has 82 valence electrons. The zero-order valence-electron chi connectivity index (χ0n) is 8.15. The molecule has 1 saturated heterocycles. The van der Waals surface area contributed by atoms with Crippen molar-refractivity contribution in [3.63, 3.8) is 0 Å². The van der Waals surface area contributed by atoms with E-state index in [-0.39, 0.29) is 6.10 Å². The van der Waals surface area contributed by atoms with Gasteiger partial charge in [0.1, 0.15) is 12.7 Å². The molecule has 0 aliphatic carbocycles. The maximum absolute atomic E-state index is 5.67. The predicted octanol–water partition coefficient (Wildman–Crippen LogP) is 0.497. The summed E-state index contributed by atoms with van der Waals surface area (Å²) < 4.78 is 10.9. The molecule has 1 aliphatic rings.